The summed E-state index contributed by atoms with van der Waals surface area (Å²) in [7, 11) is 0. The van der Waals surface area contributed by atoms with Crippen molar-refractivity contribution in [2.45, 2.75) is 39.5 Å². The Hall–Kier alpha value is 0.890. The molecule has 1 aliphatic rings. The zero-order valence-electron chi connectivity index (χ0n) is 9.51. The summed E-state index contributed by atoms with van der Waals surface area (Å²) >= 11 is -0.591. The molecule has 88 valence electrons. The van der Waals surface area contributed by atoms with Crippen LogP contribution < -0.4 is 3.30 Å². The molecule has 0 radical (unpaired) electrons. The van der Waals surface area contributed by atoms with E-state index in [-0.39, 0.29) is 24.8 Å². The molecule has 0 aromatic carbocycles. The smallest absolute Gasteiger partial charge is 0.147 e. The van der Waals surface area contributed by atoms with Gasteiger partial charge < -0.3 is 0 Å². The number of hydrogen-bond donors (Lipinski definition) is 1. The average Bonchev–Trinajstić information content (AvgIpc) is 2.51. The maximum atomic E-state index is 3.68. The van der Waals surface area contributed by atoms with Gasteiger partial charge in [-0.05, 0) is 0 Å². The van der Waals surface area contributed by atoms with E-state index in [1.54, 1.807) is 3.33 Å². The van der Waals surface area contributed by atoms with Crippen molar-refractivity contribution in [2.24, 2.45) is 0 Å². The van der Waals surface area contributed by atoms with Crippen LogP contribution in [0.4, 0.5) is 0 Å². The van der Waals surface area contributed by atoms with E-state index in [1.807, 2.05) is 0 Å². The molecule has 1 aliphatic carbocycles. The van der Waals surface area contributed by atoms with Gasteiger partial charge in [0.05, 0.1) is 0 Å². The topological polar surface area (TPSA) is 12.0 Å². The second kappa shape index (κ2) is 11.4. The Balaban J connectivity index is 0. The third kappa shape index (κ3) is 8.67. The molecule has 15 heavy (non-hydrogen) atoms. The van der Waals surface area contributed by atoms with Gasteiger partial charge in [-0.15, -0.1) is 24.8 Å². The van der Waals surface area contributed by atoms with Crippen molar-refractivity contribution in [3.8, 4) is 0 Å². The molecular formula is C11H21Cl2HfN. The van der Waals surface area contributed by atoms with Crippen LogP contribution in [0.2, 0.25) is 0 Å². The van der Waals surface area contributed by atoms with Gasteiger partial charge in [-0.3, -0.25) is 0 Å². The standard InChI is InChI=1S/C6H7.C5H12N.2ClH.Hf/c1-6-4-2-3-5-6;1-2-3-4-5-6;;;/h4-5H,2H2,1H3;6H,2-5H2,1H3;2*1H;/q;-1;;;+1. The molecular weight excluding hydrogens is 396 g/mol. The Morgan fingerprint density at radius 1 is 1.33 bits per heavy atom. The van der Waals surface area contributed by atoms with Gasteiger partial charge in [-0.25, -0.2) is 0 Å². The van der Waals surface area contributed by atoms with Crippen molar-refractivity contribution in [1.29, 1.82) is 0 Å². The Kier molecular flexibility index (Phi) is 13.9. The van der Waals surface area contributed by atoms with Crippen LogP contribution in [0.15, 0.2) is 21.1 Å². The Morgan fingerprint density at radius 2 is 2.07 bits per heavy atom. The second-order valence-corrected chi connectivity index (χ2v) is 8.06. The van der Waals surface area contributed by atoms with Crippen molar-refractivity contribution in [1.82, 2.24) is 3.30 Å². The molecule has 0 saturated heterocycles. The molecule has 0 bridgehead atoms. The SMILES string of the molecule is CCCCC[NH][Hf][C]1=CC(C)=CC1.Cl.Cl. The minimum Gasteiger partial charge on any atom is -0.147 e. The second-order valence-electron chi connectivity index (χ2n) is 3.58. The van der Waals surface area contributed by atoms with Gasteiger partial charge in [0.15, 0.2) is 0 Å². The van der Waals surface area contributed by atoms with Gasteiger partial charge in [-0.1, -0.05) is 0 Å². The Labute approximate surface area is 118 Å². The van der Waals surface area contributed by atoms with E-state index in [0.29, 0.717) is 0 Å². The van der Waals surface area contributed by atoms with Crippen molar-refractivity contribution in [3.05, 3.63) is 21.1 Å². The molecule has 0 saturated carbocycles. The zero-order chi connectivity index (χ0) is 9.52. The van der Waals surface area contributed by atoms with E-state index in [4.69, 9.17) is 0 Å². The molecule has 0 aromatic rings. The predicted molar refractivity (Wildman–Crippen MR) is 68.5 cm³/mol. The van der Waals surface area contributed by atoms with Crippen LogP contribution in [-0.4, -0.2) is 6.54 Å². The number of nitrogens with one attached hydrogen (secondary N) is 1. The summed E-state index contributed by atoms with van der Waals surface area (Å²) in [6, 6.07) is 0. The molecule has 0 fully saturated rings. The third-order valence-electron chi connectivity index (χ3n) is 2.20. The maximum Gasteiger partial charge on any atom is -0.147 e. The number of hydrogen-bond acceptors (Lipinski definition) is 1. The van der Waals surface area contributed by atoms with E-state index in [0.717, 1.165) is 0 Å². The van der Waals surface area contributed by atoms with Crippen molar-refractivity contribution >= 4 is 24.8 Å². The molecule has 0 amide bonds. The third-order valence-corrected chi connectivity index (χ3v) is 6.14. The van der Waals surface area contributed by atoms with Crippen LogP contribution in [0.1, 0.15) is 39.5 Å². The quantitative estimate of drug-likeness (QED) is 0.512. The minimum atomic E-state index is -0.591. The molecule has 0 atom stereocenters. The zero-order valence-corrected chi connectivity index (χ0v) is 14.7. The van der Waals surface area contributed by atoms with E-state index >= 15 is 0 Å². The largest absolute Gasteiger partial charge is 0.147 e. The molecule has 1 N–H and O–H groups in total. The monoisotopic (exact) mass is 417 g/mol. The number of unbranched alkanes of at least 4 members (excludes halogenated alkanes) is 2. The minimum absolute atomic E-state index is 0. The first-order valence-electron chi connectivity index (χ1n) is 5.19. The Morgan fingerprint density at radius 3 is 2.60 bits per heavy atom. The van der Waals surface area contributed by atoms with Crippen LogP contribution >= 0.6 is 24.8 Å². The van der Waals surface area contributed by atoms with Crippen LogP contribution in [0.3, 0.4) is 0 Å². The van der Waals surface area contributed by atoms with E-state index in [9.17, 15) is 0 Å². The fourth-order valence-electron chi connectivity index (χ4n) is 1.39. The maximum absolute atomic E-state index is 3.68. The first-order valence-corrected chi connectivity index (χ1v) is 8.78. The van der Waals surface area contributed by atoms with Crippen molar-refractivity contribution in [3.63, 3.8) is 0 Å². The number of allylic oxidation sites excluding steroid dienone is 4. The van der Waals surface area contributed by atoms with Gasteiger partial charge in [0.1, 0.15) is 0 Å². The molecule has 0 aromatic heterocycles. The average molecular weight is 417 g/mol. The number of halogens is 2. The van der Waals surface area contributed by atoms with Gasteiger partial charge in [0.2, 0.25) is 0 Å². The van der Waals surface area contributed by atoms with Gasteiger partial charge >= 0.3 is 93.6 Å². The first-order chi connectivity index (χ1) is 6.33. The van der Waals surface area contributed by atoms with Crippen LogP contribution in [0.5, 0.6) is 0 Å². The van der Waals surface area contributed by atoms with Gasteiger partial charge in [0, 0.05) is 0 Å². The van der Waals surface area contributed by atoms with Crippen molar-refractivity contribution in [2.75, 3.05) is 6.54 Å². The molecule has 4 heteroatoms. The fraction of sp³-hybridized carbons (Fsp3) is 0.636. The first kappa shape index (κ1) is 18.3. The van der Waals surface area contributed by atoms with Crippen LogP contribution in [0.25, 0.3) is 0 Å². The van der Waals surface area contributed by atoms with Crippen LogP contribution in [-0.2, 0) is 23.2 Å². The normalized spacial score (nSPS) is 13.5. The summed E-state index contributed by atoms with van der Waals surface area (Å²) in [5.74, 6) is 0. The van der Waals surface area contributed by atoms with Crippen LogP contribution in [0, 0.1) is 0 Å². The molecule has 0 heterocycles. The van der Waals surface area contributed by atoms with Gasteiger partial charge in [0.25, 0.3) is 0 Å². The predicted octanol–water partition coefficient (Wildman–Crippen LogP) is 3.84. The molecule has 1 nitrogen and oxygen atoms in total. The van der Waals surface area contributed by atoms with E-state index in [2.05, 4.69) is 29.3 Å². The summed E-state index contributed by atoms with van der Waals surface area (Å²) in [4.78, 5) is 0. The molecule has 0 aliphatic heterocycles. The summed E-state index contributed by atoms with van der Waals surface area (Å²) in [5.41, 5.74) is 1.47. The Bertz CT molecular complexity index is 215. The van der Waals surface area contributed by atoms with Gasteiger partial charge in [-0.2, -0.15) is 0 Å². The summed E-state index contributed by atoms with van der Waals surface area (Å²) in [6.45, 7) is 5.72. The van der Waals surface area contributed by atoms with E-state index in [1.165, 1.54) is 37.8 Å². The fourth-order valence-corrected chi connectivity index (χ4v) is 5.10. The molecule has 0 spiro atoms. The molecule has 1 rings (SSSR count). The number of rotatable bonds is 6. The summed E-state index contributed by atoms with van der Waals surface area (Å²) in [6.07, 6.45) is 10.1. The molecule has 0 unspecified atom stereocenters. The summed E-state index contributed by atoms with van der Waals surface area (Å²) < 4.78 is 5.41. The van der Waals surface area contributed by atoms with Crippen molar-refractivity contribution < 1.29 is 23.2 Å². The summed E-state index contributed by atoms with van der Waals surface area (Å²) in [5, 5.41) is 0. The van der Waals surface area contributed by atoms with E-state index < -0.39 is 23.2 Å².